The molecule has 0 saturated heterocycles. The van der Waals surface area contributed by atoms with E-state index in [0.29, 0.717) is 18.2 Å². The molecule has 1 unspecified atom stereocenters. The molecule has 3 aromatic rings. The predicted molar refractivity (Wildman–Crippen MR) is 142 cm³/mol. The summed E-state index contributed by atoms with van der Waals surface area (Å²) in [7, 11) is 2.57. The lowest BCUT2D eigenvalue weighted by atomic mass is 9.66. The van der Waals surface area contributed by atoms with Gasteiger partial charge < -0.3 is 4.48 Å². The fourth-order valence-electron chi connectivity index (χ4n) is 4.01. The van der Waals surface area contributed by atoms with Crippen LogP contribution in [0.15, 0.2) is 89.8 Å². The zero-order chi connectivity index (χ0) is 26.3. The number of nitrogens with zero attached hydrogens (tertiary/aromatic N) is 1. The van der Waals surface area contributed by atoms with Gasteiger partial charge in [0, 0.05) is 12.8 Å². The maximum atomic E-state index is 13.3. The summed E-state index contributed by atoms with van der Waals surface area (Å²) < 4.78 is 30.4. The molecule has 1 atom stereocenters. The third kappa shape index (κ3) is 7.34. The molecule has 0 fully saturated rings. The van der Waals surface area contributed by atoms with Gasteiger partial charge in [-0.15, -0.1) is 0 Å². The van der Waals surface area contributed by atoms with Gasteiger partial charge in [-0.1, -0.05) is 85.3 Å². The highest BCUT2D eigenvalue weighted by atomic mass is 32.2. The highest BCUT2D eigenvalue weighted by Crippen LogP contribution is 2.40. The first kappa shape index (κ1) is 28.4. The summed E-state index contributed by atoms with van der Waals surface area (Å²) in [5.74, 6) is 0.292. The fraction of sp³-hybridized carbons (Fsp3) is 0.345. The zero-order valence-electron chi connectivity index (χ0n) is 21.6. The Kier molecular flexibility index (Phi) is 9.55. The molecule has 0 saturated carbocycles. The molecule has 0 radical (unpaired) electrons. The standard InChI is InChI=1S/C22H30NO.C7H8O3S/c1-6-21(24)22(17-18(2)23(3,4)5,19-13-9-7-10-14-19)20-15-11-8-12-16-20;1-6-2-4-7(5-3-6)11(8,9)10/h7-16,18H,6,17H2,1-5H3;2-5H,1H3,(H,8,9,10)/q+1;. The number of benzene rings is 3. The van der Waals surface area contributed by atoms with E-state index in [1.165, 1.54) is 12.1 Å². The molecule has 0 aliphatic rings. The second-order valence-corrected chi connectivity index (χ2v) is 11.3. The smallest absolute Gasteiger partial charge is 0.294 e. The number of carbonyl (C=O) groups is 1. The Bertz CT molecular complexity index is 1140. The van der Waals surface area contributed by atoms with Gasteiger partial charge in [0.25, 0.3) is 10.1 Å². The summed E-state index contributed by atoms with van der Waals surface area (Å²) >= 11 is 0. The number of Topliss-reactive ketones (excluding diaryl/α,β-unsaturated/α-hetero) is 1. The minimum atomic E-state index is -4.02. The van der Waals surface area contributed by atoms with Crippen molar-refractivity contribution in [2.75, 3.05) is 21.1 Å². The molecule has 0 aromatic heterocycles. The largest absolute Gasteiger partial charge is 0.329 e. The van der Waals surface area contributed by atoms with E-state index in [-0.39, 0.29) is 4.90 Å². The molecule has 0 heterocycles. The van der Waals surface area contributed by atoms with Crippen LogP contribution < -0.4 is 0 Å². The van der Waals surface area contributed by atoms with Gasteiger partial charge in [0.2, 0.25) is 0 Å². The summed E-state index contributed by atoms with van der Waals surface area (Å²) in [6.45, 7) is 6.05. The maximum Gasteiger partial charge on any atom is 0.294 e. The Hall–Kier alpha value is -2.80. The van der Waals surface area contributed by atoms with Crippen LogP contribution in [0.25, 0.3) is 0 Å². The summed E-state index contributed by atoms with van der Waals surface area (Å²) in [5, 5.41) is 0. The molecule has 35 heavy (non-hydrogen) atoms. The van der Waals surface area contributed by atoms with E-state index < -0.39 is 15.5 Å². The fourth-order valence-corrected chi connectivity index (χ4v) is 4.49. The summed E-state index contributed by atoms with van der Waals surface area (Å²) in [4.78, 5) is 13.2. The zero-order valence-corrected chi connectivity index (χ0v) is 22.4. The second kappa shape index (κ2) is 11.8. The SMILES string of the molecule is CCC(=O)C(CC(C)[N+](C)(C)C)(c1ccccc1)c1ccccc1.Cc1ccc(S(=O)(=O)O)cc1. The van der Waals surface area contributed by atoms with Crippen molar-refractivity contribution in [1.29, 1.82) is 0 Å². The van der Waals surface area contributed by atoms with Gasteiger partial charge in [-0.3, -0.25) is 9.35 Å². The van der Waals surface area contributed by atoms with E-state index in [1.54, 1.807) is 12.1 Å². The molecule has 6 heteroatoms. The van der Waals surface area contributed by atoms with E-state index in [2.05, 4.69) is 52.3 Å². The molecule has 0 bridgehead atoms. The third-order valence-corrected chi connectivity index (χ3v) is 7.44. The Morgan fingerprint density at radius 1 is 0.857 bits per heavy atom. The minimum absolute atomic E-state index is 0.0666. The normalized spacial score (nSPS) is 12.9. The molecular weight excluding hydrogens is 458 g/mol. The first-order valence-corrected chi connectivity index (χ1v) is 13.3. The van der Waals surface area contributed by atoms with Crippen LogP contribution in [0.2, 0.25) is 0 Å². The highest BCUT2D eigenvalue weighted by molar-refractivity contribution is 7.85. The Morgan fingerprint density at radius 2 is 1.29 bits per heavy atom. The second-order valence-electron chi connectivity index (χ2n) is 9.87. The van der Waals surface area contributed by atoms with Crippen molar-refractivity contribution < 1.29 is 22.2 Å². The molecule has 188 valence electrons. The minimum Gasteiger partial charge on any atom is -0.329 e. The molecule has 0 aliphatic carbocycles. The Labute approximate surface area is 210 Å². The van der Waals surface area contributed by atoms with Crippen LogP contribution in [0, 0.1) is 6.92 Å². The first-order chi connectivity index (χ1) is 16.3. The number of rotatable bonds is 8. The van der Waals surface area contributed by atoms with Crippen molar-refractivity contribution in [3.63, 3.8) is 0 Å². The molecular formula is C29H38NO4S+. The summed E-state index contributed by atoms with van der Waals surface area (Å²) in [6, 6.07) is 26.9. The van der Waals surface area contributed by atoms with Gasteiger partial charge in [-0.25, -0.2) is 0 Å². The van der Waals surface area contributed by atoms with Crippen molar-refractivity contribution in [3.8, 4) is 0 Å². The number of ketones is 1. The molecule has 1 N–H and O–H groups in total. The van der Waals surface area contributed by atoms with Gasteiger partial charge in [-0.2, -0.15) is 8.42 Å². The van der Waals surface area contributed by atoms with Crippen molar-refractivity contribution in [3.05, 3.63) is 102 Å². The average Bonchev–Trinajstić information content (AvgIpc) is 2.82. The number of hydrogen-bond acceptors (Lipinski definition) is 3. The van der Waals surface area contributed by atoms with E-state index in [0.717, 1.165) is 27.6 Å². The van der Waals surface area contributed by atoms with Crippen LogP contribution in [0.4, 0.5) is 0 Å². The van der Waals surface area contributed by atoms with Gasteiger partial charge >= 0.3 is 0 Å². The average molecular weight is 497 g/mol. The first-order valence-electron chi connectivity index (χ1n) is 11.8. The van der Waals surface area contributed by atoms with Crippen molar-refractivity contribution in [2.45, 2.75) is 50.0 Å². The van der Waals surface area contributed by atoms with Crippen LogP contribution in [0.1, 0.15) is 43.4 Å². The summed E-state index contributed by atoms with van der Waals surface area (Å²) in [5.41, 5.74) is 2.58. The molecule has 0 amide bonds. The lowest BCUT2D eigenvalue weighted by molar-refractivity contribution is -0.894. The molecule has 5 nitrogen and oxygen atoms in total. The van der Waals surface area contributed by atoms with E-state index in [1.807, 2.05) is 50.2 Å². The van der Waals surface area contributed by atoms with Crippen LogP contribution >= 0.6 is 0 Å². The topological polar surface area (TPSA) is 71.4 Å². The van der Waals surface area contributed by atoms with Crippen LogP contribution in [0.5, 0.6) is 0 Å². The maximum absolute atomic E-state index is 13.3. The monoisotopic (exact) mass is 496 g/mol. The van der Waals surface area contributed by atoms with Gasteiger partial charge in [-0.05, 0) is 37.1 Å². The lowest BCUT2D eigenvalue weighted by Crippen LogP contribution is -2.49. The third-order valence-electron chi connectivity index (χ3n) is 6.57. The quantitative estimate of drug-likeness (QED) is 0.322. The van der Waals surface area contributed by atoms with Gasteiger partial charge in [0.15, 0.2) is 0 Å². The Balaban J connectivity index is 0.000000328. The Morgan fingerprint density at radius 3 is 1.63 bits per heavy atom. The number of aryl methyl sites for hydroxylation is 1. The van der Waals surface area contributed by atoms with E-state index in [9.17, 15) is 13.2 Å². The number of quaternary nitrogens is 1. The number of carbonyl (C=O) groups excluding carboxylic acids is 1. The highest BCUT2D eigenvalue weighted by Gasteiger charge is 2.44. The van der Waals surface area contributed by atoms with Crippen molar-refractivity contribution in [2.24, 2.45) is 0 Å². The van der Waals surface area contributed by atoms with Crippen molar-refractivity contribution in [1.82, 2.24) is 0 Å². The van der Waals surface area contributed by atoms with Crippen LogP contribution in [0.3, 0.4) is 0 Å². The van der Waals surface area contributed by atoms with E-state index in [4.69, 9.17) is 4.55 Å². The van der Waals surface area contributed by atoms with Crippen LogP contribution in [-0.2, 0) is 20.3 Å². The van der Waals surface area contributed by atoms with Crippen LogP contribution in [-0.4, -0.2) is 50.4 Å². The van der Waals surface area contributed by atoms with Gasteiger partial charge in [0.05, 0.1) is 37.5 Å². The molecule has 3 aromatic carbocycles. The van der Waals surface area contributed by atoms with Gasteiger partial charge in [0.1, 0.15) is 5.78 Å². The molecule has 3 rings (SSSR count). The molecule has 0 spiro atoms. The predicted octanol–water partition coefficient (Wildman–Crippen LogP) is 5.68. The molecule has 0 aliphatic heterocycles. The van der Waals surface area contributed by atoms with Crippen molar-refractivity contribution >= 4 is 15.9 Å². The summed E-state index contributed by atoms with van der Waals surface area (Å²) in [6.07, 6.45) is 1.34. The lowest BCUT2D eigenvalue weighted by Gasteiger charge is -2.40. The number of hydrogen-bond donors (Lipinski definition) is 1. The van der Waals surface area contributed by atoms with E-state index >= 15 is 0 Å².